The third kappa shape index (κ3) is 2.87. The Balaban J connectivity index is 2.80. The number of hydrogen-bond acceptors (Lipinski definition) is 1. The average molecular weight is 395 g/mol. The molecule has 0 fully saturated rings. The fourth-order valence-electron chi connectivity index (χ4n) is 2.26. The van der Waals surface area contributed by atoms with E-state index < -0.39 is 28.8 Å². The van der Waals surface area contributed by atoms with Crippen LogP contribution in [0.3, 0.4) is 0 Å². The predicted molar refractivity (Wildman–Crippen MR) is 79.3 cm³/mol. The highest BCUT2D eigenvalue weighted by molar-refractivity contribution is 9.10. The van der Waals surface area contributed by atoms with Crippen LogP contribution in [0.15, 0.2) is 53.0 Å². The minimum Gasteiger partial charge on any atom is -0.374 e. The third-order valence-corrected chi connectivity index (χ3v) is 4.23. The molecule has 1 N–H and O–H groups in total. The molecule has 1 atom stereocenters. The first-order valence-electron chi connectivity index (χ1n) is 6.51. The first-order chi connectivity index (χ1) is 10.5. The molecule has 0 saturated heterocycles. The van der Waals surface area contributed by atoms with Gasteiger partial charge in [-0.1, -0.05) is 64.0 Å². The highest BCUT2D eigenvalue weighted by atomic mass is 79.9. The van der Waals surface area contributed by atoms with Crippen molar-refractivity contribution in [2.75, 3.05) is 0 Å². The van der Waals surface area contributed by atoms with Crippen LogP contribution in [0, 0.1) is 6.92 Å². The monoisotopic (exact) mass is 394 g/mol. The Morgan fingerprint density at radius 3 is 1.87 bits per heavy atom. The van der Waals surface area contributed by atoms with Crippen LogP contribution in [0.2, 0.25) is 0 Å². The van der Waals surface area contributed by atoms with Gasteiger partial charge in [0.15, 0.2) is 5.60 Å². The molecule has 2 aromatic rings. The number of aliphatic hydroxyl groups is 1. The number of benzene rings is 2. The Morgan fingerprint density at radius 2 is 1.39 bits per heavy atom. The molecule has 2 aromatic carbocycles. The van der Waals surface area contributed by atoms with Crippen LogP contribution >= 0.6 is 15.9 Å². The third-order valence-electron chi connectivity index (χ3n) is 3.54. The molecule has 7 heteroatoms. The highest BCUT2D eigenvalue weighted by Crippen LogP contribution is 2.52. The maximum absolute atomic E-state index is 14.2. The van der Waals surface area contributed by atoms with E-state index in [0.717, 1.165) is 18.2 Å². The minimum absolute atomic E-state index is 0.0491. The summed E-state index contributed by atoms with van der Waals surface area (Å²) in [5, 5.41) is 10.6. The molecule has 0 bridgehead atoms. The molecule has 0 aromatic heterocycles. The fourth-order valence-corrected chi connectivity index (χ4v) is 2.83. The summed E-state index contributed by atoms with van der Waals surface area (Å²) in [6.45, 7) is 1.66. The maximum atomic E-state index is 14.2. The average Bonchev–Trinajstić information content (AvgIpc) is 2.46. The van der Waals surface area contributed by atoms with Gasteiger partial charge in [0.05, 0.1) is 0 Å². The molecule has 2 rings (SSSR count). The summed E-state index contributed by atoms with van der Waals surface area (Å²) in [7, 11) is 0. The summed E-state index contributed by atoms with van der Waals surface area (Å²) < 4.78 is 67.4. The van der Waals surface area contributed by atoms with Gasteiger partial charge in [-0.05, 0) is 18.6 Å². The van der Waals surface area contributed by atoms with Crippen LogP contribution in [0.1, 0.15) is 16.7 Å². The van der Waals surface area contributed by atoms with E-state index in [1.54, 1.807) is 6.92 Å². The van der Waals surface area contributed by atoms with E-state index in [1.165, 1.54) is 30.3 Å². The molecule has 1 nitrogen and oxygen atoms in total. The van der Waals surface area contributed by atoms with Gasteiger partial charge in [-0.2, -0.15) is 22.0 Å². The molecule has 0 radical (unpaired) electrons. The lowest BCUT2D eigenvalue weighted by Crippen LogP contribution is -2.55. The second kappa shape index (κ2) is 5.87. The molecule has 0 aliphatic rings. The largest absolute Gasteiger partial charge is 0.457 e. The molecule has 0 saturated carbocycles. The molecule has 0 heterocycles. The lowest BCUT2D eigenvalue weighted by Gasteiger charge is -2.38. The highest BCUT2D eigenvalue weighted by Gasteiger charge is 2.71. The number of hydrogen-bond donors (Lipinski definition) is 1. The molecular formula is C16H12BrF5O. The van der Waals surface area contributed by atoms with Crippen molar-refractivity contribution in [2.45, 2.75) is 24.6 Å². The number of rotatable bonds is 3. The van der Waals surface area contributed by atoms with Gasteiger partial charge < -0.3 is 5.11 Å². The fraction of sp³-hybridized carbons (Fsp3) is 0.250. The van der Waals surface area contributed by atoms with Crippen molar-refractivity contribution < 1.29 is 27.1 Å². The molecular weight excluding hydrogens is 383 g/mol. The zero-order valence-electron chi connectivity index (χ0n) is 11.8. The first-order valence-corrected chi connectivity index (χ1v) is 7.30. The Labute approximate surface area is 137 Å². The summed E-state index contributed by atoms with van der Waals surface area (Å²) in [6.07, 6.45) is -5.93. The van der Waals surface area contributed by atoms with Gasteiger partial charge in [0.1, 0.15) is 0 Å². The van der Waals surface area contributed by atoms with E-state index in [0.29, 0.717) is 5.56 Å². The van der Waals surface area contributed by atoms with E-state index in [1.807, 2.05) is 0 Å². The van der Waals surface area contributed by atoms with Gasteiger partial charge in [-0.25, -0.2) is 0 Å². The summed E-state index contributed by atoms with van der Waals surface area (Å²) in [5.74, 6) is -5.39. The van der Waals surface area contributed by atoms with Crippen LogP contribution in [0.25, 0.3) is 0 Å². The molecule has 1 unspecified atom stereocenters. The van der Waals surface area contributed by atoms with E-state index in [2.05, 4.69) is 15.9 Å². The van der Waals surface area contributed by atoms with Crippen LogP contribution < -0.4 is 0 Å². The standard InChI is InChI=1S/C16H12BrF5O/c1-10-6-8-11(9-7-10)14(23,15(18,19)16(20,21)22)12-4-2-3-5-13(12)17/h2-9,23H,1H3. The number of alkyl halides is 5. The van der Waals surface area contributed by atoms with Crippen molar-refractivity contribution in [3.05, 3.63) is 69.7 Å². The van der Waals surface area contributed by atoms with Crippen LogP contribution in [-0.4, -0.2) is 17.2 Å². The Morgan fingerprint density at radius 1 is 0.870 bits per heavy atom. The summed E-state index contributed by atoms with van der Waals surface area (Å²) in [5.41, 5.74) is -4.00. The first kappa shape index (κ1) is 17.9. The van der Waals surface area contributed by atoms with Gasteiger partial charge in [-0.3, -0.25) is 0 Å². The van der Waals surface area contributed by atoms with E-state index >= 15 is 0 Å². The lowest BCUT2D eigenvalue weighted by atomic mass is 9.80. The number of aryl methyl sites for hydroxylation is 1. The molecule has 124 valence electrons. The van der Waals surface area contributed by atoms with Crippen LogP contribution in [0.4, 0.5) is 22.0 Å². The molecule has 0 spiro atoms. The van der Waals surface area contributed by atoms with Crippen molar-refractivity contribution >= 4 is 15.9 Å². The van der Waals surface area contributed by atoms with Gasteiger partial charge in [-0.15, -0.1) is 0 Å². The van der Waals surface area contributed by atoms with Gasteiger partial charge in [0, 0.05) is 10.0 Å². The van der Waals surface area contributed by atoms with Gasteiger partial charge in [0.2, 0.25) is 0 Å². The Kier molecular flexibility index (Phi) is 4.56. The van der Waals surface area contributed by atoms with Crippen molar-refractivity contribution in [3.63, 3.8) is 0 Å². The number of halogens is 6. The molecule has 0 aliphatic carbocycles. The van der Waals surface area contributed by atoms with Crippen LogP contribution in [0.5, 0.6) is 0 Å². The van der Waals surface area contributed by atoms with Crippen LogP contribution in [-0.2, 0) is 5.60 Å². The molecule has 0 aliphatic heterocycles. The summed E-state index contributed by atoms with van der Waals surface area (Å²) in [6, 6.07) is 9.92. The van der Waals surface area contributed by atoms with Crippen molar-refractivity contribution in [1.82, 2.24) is 0 Å². The lowest BCUT2D eigenvalue weighted by molar-refractivity contribution is -0.336. The SMILES string of the molecule is Cc1ccc(C(O)(c2ccccc2Br)C(F)(F)C(F)(F)F)cc1. The van der Waals surface area contributed by atoms with Gasteiger partial charge in [0.25, 0.3) is 0 Å². The van der Waals surface area contributed by atoms with E-state index in [4.69, 9.17) is 0 Å². The Hall–Kier alpha value is -1.47. The molecule has 23 heavy (non-hydrogen) atoms. The van der Waals surface area contributed by atoms with Crippen molar-refractivity contribution in [3.8, 4) is 0 Å². The zero-order chi connectivity index (χ0) is 17.5. The minimum atomic E-state index is -5.93. The van der Waals surface area contributed by atoms with E-state index in [-0.39, 0.29) is 4.47 Å². The topological polar surface area (TPSA) is 20.2 Å². The van der Waals surface area contributed by atoms with Crippen molar-refractivity contribution in [2.24, 2.45) is 0 Å². The second-order valence-electron chi connectivity index (χ2n) is 5.13. The normalized spacial score (nSPS) is 15.3. The zero-order valence-corrected chi connectivity index (χ0v) is 13.4. The van der Waals surface area contributed by atoms with Gasteiger partial charge >= 0.3 is 12.1 Å². The quantitative estimate of drug-likeness (QED) is 0.710. The summed E-state index contributed by atoms with van der Waals surface area (Å²) in [4.78, 5) is 0. The predicted octanol–water partition coefficient (Wildman–Crippen LogP) is 5.19. The smallest absolute Gasteiger partial charge is 0.374 e. The van der Waals surface area contributed by atoms with E-state index in [9.17, 15) is 27.1 Å². The Bertz CT molecular complexity index is 696. The molecule has 0 amide bonds. The second-order valence-corrected chi connectivity index (χ2v) is 5.98. The summed E-state index contributed by atoms with van der Waals surface area (Å²) >= 11 is 2.94. The van der Waals surface area contributed by atoms with Crippen molar-refractivity contribution in [1.29, 1.82) is 0 Å². The maximum Gasteiger partial charge on any atom is 0.457 e.